The first-order valence-corrected chi connectivity index (χ1v) is 10.3. The number of aromatic nitrogens is 1. The molecule has 0 radical (unpaired) electrons. The van der Waals surface area contributed by atoms with Crippen LogP contribution < -0.4 is 19.0 Å². The number of rotatable bonds is 8. The number of para-hydroxylation sites is 1. The number of ether oxygens (including phenoxy) is 4. The van der Waals surface area contributed by atoms with Crippen molar-refractivity contribution in [1.29, 1.82) is 0 Å². The van der Waals surface area contributed by atoms with Crippen molar-refractivity contribution < 1.29 is 23.7 Å². The van der Waals surface area contributed by atoms with E-state index in [1.807, 2.05) is 30.3 Å². The number of benzene rings is 2. The molecule has 9 heteroatoms. The third kappa shape index (κ3) is 4.95. The molecule has 0 fully saturated rings. The zero-order valence-corrected chi connectivity index (χ0v) is 18.5. The first-order chi connectivity index (χ1) is 15.1. The van der Waals surface area contributed by atoms with Gasteiger partial charge in [0.2, 0.25) is 10.6 Å². The fraction of sp³-hybridized carbons (Fsp3) is 0.227. The van der Waals surface area contributed by atoms with Crippen molar-refractivity contribution in [3.8, 4) is 22.9 Å². The highest BCUT2D eigenvalue weighted by molar-refractivity contribution is 7.07. The van der Waals surface area contributed by atoms with Gasteiger partial charge in [-0.3, -0.25) is 4.57 Å². The Bertz CT molecular complexity index is 1110. The molecule has 0 spiro atoms. The van der Waals surface area contributed by atoms with E-state index >= 15 is 0 Å². The zero-order valence-electron chi connectivity index (χ0n) is 17.7. The van der Waals surface area contributed by atoms with E-state index in [1.165, 1.54) is 11.3 Å². The summed E-state index contributed by atoms with van der Waals surface area (Å²) in [5.74, 6) is 1.11. The summed E-state index contributed by atoms with van der Waals surface area (Å²) in [5, 5.41) is 10.2. The Balaban J connectivity index is 2.03. The first-order valence-electron chi connectivity index (χ1n) is 9.43. The van der Waals surface area contributed by atoms with Gasteiger partial charge in [0.05, 0.1) is 34.2 Å². The molecule has 3 aromatic rings. The van der Waals surface area contributed by atoms with Crippen molar-refractivity contribution in [2.75, 3.05) is 27.9 Å². The van der Waals surface area contributed by atoms with Crippen LogP contribution in [-0.4, -0.2) is 44.7 Å². The summed E-state index contributed by atoms with van der Waals surface area (Å²) in [6.45, 7) is 2.05. The Hall–Kier alpha value is -3.59. The van der Waals surface area contributed by atoms with Crippen LogP contribution in [0.1, 0.15) is 23.0 Å². The van der Waals surface area contributed by atoms with Gasteiger partial charge in [-0.2, -0.15) is 5.10 Å². The van der Waals surface area contributed by atoms with E-state index in [2.05, 4.69) is 10.2 Å². The lowest BCUT2D eigenvalue weighted by Crippen LogP contribution is -2.19. The molecule has 0 aliphatic carbocycles. The molecule has 2 aromatic carbocycles. The molecule has 1 heterocycles. The quantitative estimate of drug-likeness (QED) is 0.303. The number of hydrogen-bond donors (Lipinski definition) is 0. The van der Waals surface area contributed by atoms with Crippen LogP contribution in [0.3, 0.4) is 0 Å². The van der Waals surface area contributed by atoms with Gasteiger partial charge in [0.25, 0.3) is 0 Å². The summed E-state index contributed by atoms with van der Waals surface area (Å²) in [4.78, 5) is 12.9. The van der Waals surface area contributed by atoms with Crippen molar-refractivity contribution in [2.24, 2.45) is 10.2 Å². The minimum absolute atomic E-state index is 0.287. The van der Waals surface area contributed by atoms with Crippen LogP contribution in [0.4, 0.5) is 0 Å². The Morgan fingerprint density at radius 1 is 1.06 bits per heavy atom. The molecule has 0 aliphatic heterocycles. The van der Waals surface area contributed by atoms with E-state index in [9.17, 15) is 4.79 Å². The topological polar surface area (TPSA) is 83.6 Å². The highest BCUT2D eigenvalue weighted by Crippen LogP contribution is 2.37. The molecule has 0 bridgehead atoms. The van der Waals surface area contributed by atoms with Gasteiger partial charge in [-0.05, 0) is 31.2 Å². The summed E-state index contributed by atoms with van der Waals surface area (Å²) >= 11 is 1.29. The van der Waals surface area contributed by atoms with Gasteiger partial charge in [-0.25, -0.2) is 4.79 Å². The Kier molecular flexibility index (Phi) is 7.45. The second-order valence-electron chi connectivity index (χ2n) is 6.10. The number of thiazole rings is 1. The minimum Gasteiger partial charge on any atom is -0.493 e. The molecule has 0 aliphatic rings. The van der Waals surface area contributed by atoms with E-state index in [0.29, 0.717) is 33.3 Å². The van der Waals surface area contributed by atoms with Crippen LogP contribution in [0, 0.1) is 0 Å². The molecule has 0 N–H and O–H groups in total. The normalized spacial score (nSPS) is 11.5. The van der Waals surface area contributed by atoms with Gasteiger partial charge < -0.3 is 18.9 Å². The molecule has 31 heavy (non-hydrogen) atoms. The van der Waals surface area contributed by atoms with Crippen LogP contribution in [-0.2, 0) is 4.74 Å². The van der Waals surface area contributed by atoms with E-state index < -0.39 is 5.97 Å². The van der Waals surface area contributed by atoms with Crippen molar-refractivity contribution in [2.45, 2.75) is 6.92 Å². The fourth-order valence-electron chi connectivity index (χ4n) is 2.88. The molecular formula is C22H23N3O5S. The number of nitrogens with zero attached hydrogens (tertiary/aromatic N) is 3. The molecule has 3 rings (SSSR count). The van der Waals surface area contributed by atoms with Gasteiger partial charge in [-0.1, -0.05) is 18.2 Å². The average Bonchev–Trinajstić information content (AvgIpc) is 3.23. The summed E-state index contributed by atoms with van der Waals surface area (Å²) in [6, 6.07) is 13.0. The number of methoxy groups -OCH3 is 3. The van der Waals surface area contributed by atoms with Crippen LogP contribution in [0.25, 0.3) is 5.69 Å². The average molecular weight is 442 g/mol. The highest BCUT2D eigenvalue weighted by Gasteiger charge is 2.16. The maximum atomic E-state index is 12.4. The standard InChI is InChI=1S/C22H23N3O5S/c1-5-30-21(26)17-14-31-22(25(17)16-9-7-6-8-10-16)24-23-13-15-11-18(27-2)20(29-4)19(12-15)28-3/h6-14H,5H2,1-4H3/b23-13+,24-22+. The largest absolute Gasteiger partial charge is 0.493 e. The first kappa shape index (κ1) is 22.1. The molecule has 162 valence electrons. The Labute approximate surface area is 184 Å². The maximum absolute atomic E-state index is 12.4. The summed E-state index contributed by atoms with van der Waals surface area (Å²) in [5.41, 5.74) is 1.89. The number of esters is 1. The second-order valence-corrected chi connectivity index (χ2v) is 6.93. The van der Waals surface area contributed by atoms with Gasteiger partial charge >= 0.3 is 5.97 Å². The molecule has 0 unspecified atom stereocenters. The fourth-order valence-corrected chi connectivity index (χ4v) is 3.70. The van der Waals surface area contributed by atoms with E-state index in [0.717, 1.165) is 5.69 Å². The molecule has 0 saturated heterocycles. The van der Waals surface area contributed by atoms with Gasteiger partial charge in [0.15, 0.2) is 11.5 Å². The molecule has 0 saturated carbocycles. The van der Waals surface area contributed by atoms with Gasteiger partial charge in [-0.15, -0.1) is 16.4 Å². The number of carbonyl (C=O) groups is 1. The van der Waals surface area contributed by atoms with Crippen molar-refractivity contribution >= 4 is 23.5 Å². The molecule has 8 nitrogen and oxygen atoms in total. The SMILES string of the molecule is CCOC(=O)c1cs/c(=N/N=C/c2cc(OC)c(OC)c(OC)c2)n1-c1ccccc1. The van der Waals surface area contributed by atoms with Crippen molar-refractivity contribution in [1.82, 2.24) is 4.57 Å². The van der Waals surface area contributed by atoms with Gasteiger partial charge in [0, 0.05) is 16.6 Å². The van der Waals surface area contributed by atoms with Crippen molar-refractivity contribution in [3.05, 3.63) is 63.9 Å². The van der Waals surface area contributed by atoms with Crippen LogP contribution in [0.2, 0.25) is 0 Å². The van der Waals surface area contributed by atoms with Gasteiger partial charge in [0.1, 0.15) is 5.69 Å². The van der Waals surface area contributed by atoms with Crippen molar-refractivity contribution in [3.63, 3.8) is 0 Å². The zero-order chi connectivity index (χ0) is 22.2. The summed E-state index contributed by atoms with van der Waals surface area (Å²) in [6.07, 6.45) is 1.57. The second kappa shape index (κ2) is 10.4. The van der Waals surface area contributed by atoms with Crippen LogP contribution in [0.5, 0.6) is 17.2 Å². The minimum atomic E-state index is -0.419. The van der Waals surface area contributed by atoms with E-state index in [-0.39, 0.29) is 6.61 Å². The lowest BCUT2D eigenvalue weighted by atomic mass is 10.2. The summed E-state index contributed by atoms with van der Waals surface area (Å²) < 4.78 is 23.0. The molecular weight excluding hydrogens is 418 g/mol. The highest BCUT2D eigenvalue weighted by atomic mass is 32.1. The Morgan fingerprint density at radius 3 is 2.32 bits per heavy atom. The number of carbonyl (C=O) groups excluding carboxylic acids is 1. The summed E-state index contributed by atoms with van der Waals surface area (Å²) in [7, 11) is 4.64. The Morgan fingerprint density at radius 2 is 1.74 bits per heavy atom. The van der Waals surface area contributed by atoms with Crippen LogP contribution >= 0.6 is 11.3 Å². The molecule has 1 aromatic heterocycles. The third-order valence-electron chi connectivity index (χ3n) is 4.24. The van der Waals surface area contributed by atoms with Crippen LogP contribution in [0.15, 0.2) is 58.0 Å². The lowest BCUT2D eigenvalue weighted by molar-refractivity contribution is 0.0516. The van der Waals surface area contributed by atoms with E-state index in [4.69, 9.17) is 18.9 Å². The van der Waals surface area contributed by atoms with E-state index in [1.54, 1.807) is 56.5 Å². The maximum Gasteiger partial charge on any atom is 0.356 e. The monoisotopic (exact) mass is 441 g/mol. The predicted molar refractivity (Wildman–Crippen MR) is 119 cm³/mol. The smallest absolute Gasteiger partial charge is 0.356 e. The lowest BCUT2D eigenvalue weighted by Gasteiger charge is -2.12. The third-order valence-corrected chi connectivity index (χ3v) is 5.06. The predicted octanol–water partition coefficient (Wildman–Crippen LogP) is 3.68. The molecule has 0 amide bonds. The number of hydrogen-bond acceptors (Lipinski definition) is 8. The molecule has 0 atom stereocenters.